The number of carbonyl (C=O) groups excluding carboxylic acids is 2. The molecule has 32 heavy (non-hydrogen) atoms. The summed E-state index contributed by atoms with van der Waals surface area (Å²) in [5.41, 5.74) is 3.80. The summed E-state index contributed by atoms with van der Waals surface area (Å²) in [6, 6.07) is 22.0. The van der Waals surface area contributed by atoms with Crippen LogP contribution in [0.1, 0.15) is 32.0 Å². The van der Waals surface area contributed by atoms with Gasteiger partial charge in [0, 0.05) is 23.6 Å². The molecular formula is C27H23NO4. The average Bonchev–Trinajstić information content (AvgIpc) is 2.80. The number of fused-ring (bicyclic) bond motifs is 1. The van der Waals surface area contributed by atoms with Crippen molar-refractivity contribution in [1.29, 1.82) is 0 Å². The molecule has 0 bridgehead atoms. The van der Waals surface area contributed by atoms with Gasteiger partial charge in [-0.3, -0.25) is 9.59 Å². The molecule has 0 N–H and O–H groups in total. The predicted octanol–water partition coefficient (Wildman–Crippen LogP) is 4.86. The van der Waals surface area contributed by atoms with Gasteiger partial charge in [-0.05, 0) is 30.9 Å². The van der Waals surface area contributed by atoms with Gasteiger partial charge in [-0.25, -0.2) is 4.79 Å². The van der Waals surface area contributed by atoms with Crippen LogP contribution in [0.4, 0.5) is 0 Å². The molecule has 1 heterocycles. The van der Waals surface area contributed by atoms with Gasteiger partial charge in [0.1, 0.15) is 5.69 Å². The number of ether oxygens (including phenoxy) is 1. The Morgan fingerprint density at radius 1 is 0.812 bits per heavy atom. The molecule has 1 aromatic heterocycles. The number of carbonyl (C=O) groups is 2. The summed E-state index contributed by atoms with van der Waals surface area (Å²) in [5, 5.41) is 1.18. The van der Waals surface area contributed by atoms with Gasteiger partial charge in [0.15, 0.2) is 12.4 Å². The molecule has 5 nitrogen and oxygen atoms in total. The van der Waals surface area contributed by atoms with Crippen LogP contribution in [0.5, 0.6) is 0 Å². The van der Waals surface area contributed by atoms with Gasteiger partial charge in [-0.15, -0.1) is 0 Å². The van der Waals surface area contributed by atoms with Crippen molar-refractivity contribution in [2.24, 2.45) is 7.05 Å². The van der Waals surface area contributed by atoms with Gasteiger partial charge < -0.3 is 9.30 Å². The number of hydrogen-bond acceptors (Lipinski definition) is 4. The number of ketones is 1. The van der Waals surface area contributed by atoms with Crippen molar-refractivity contribution in [2.45, 2.75) is 13.8 Å². The molecular weight excluding hydrogens is 402 g/mol. The highest BCUT2D eigenvalue weighted by Gasteiger charge is 2.23. The quantitative estimate of drug-likeness (QED) is 0.338. The summed E-state index contributed by atoms with van der Waals surface area (Å²) >= 11 is 0. The van der Waals surface area contributed by atoms with E-state index in [0.29, 0.717) is 21.9 Å². The number of rotatable bonds is 5. The molecule has 0 saturated heterocycles. The van der Waals surface area contributed by atoms with Crippen LogP contribution in [-0.2, 0) is 11.8 Å². The first kappa shape index (κ1) is 21.2. The Morgan fingerprint density at radius 2 is 1.38 bits per heavy atom. The highest BCUT2D eigenvalue weighted by atomic mass is 16.5. The van der Waals surface area contributed by atoms with Crippen LogP contribution in [0.2, 0.25) is 0 Å². The minimum atomic E-state index is -0.716. The highest BCUT2D eigenvalue weighted by molar-refractivity contribution is 6.07. The van der Waals surface area contributed by atoms with Gasteiger partial charge in [0.25, 0.3) is 5.56 Å². The highest BCUT2D eigenvalue weighted by Crippen LogP contribution is 2.31. The number of nitrogens with zero attached hydrogens (tertiary/aromatic N) is 1. The Labute approximate surface area is 185 Å². The van der Waals surface area contributed by atoms with E-state index in [1.54, 1.807) is 31.3 Å². The first-order valence-corrected chi connectivity index (χ1v) is 10.3. The zero-order chi connectivity index (χ0) is 22.8. The lowest BCUT2D eigenvalue weighted by molar-refractivity contribution is 0.0465. The Balaban J connectivity index is 1.78. The molecule has 5 heteroatoms. The second-order valence-corrected chi connectivity index (χ2v) is 7.86. The first-order valence-electron chi connectivity index (χ1n) is 10.3. The fraction of sp³-hybridized carbons (Fsp3) is 0.148. The van der Waals surface area contributed by atoms with Gasteiger partial charge in [-0.2, -0.15) is 0 Å². The van der Waals surface area contributed by atoms with Crippen molar-refractivity contribution in [2.75, 3.05) is 6.61 Å². The fourth-order valence-electron chi connectivity index (χ4n) is 3.74. The Kier molecular flexibility index (Phi) is 5.73. The van der Waals surface area contributed by atoms with Crippen molar-refractivity contribution in [1.82, 2.24) is 4.57 Å². The fourth-order valence-corrected chi connectivity index (χ4v) is 3.74. The number of benzene rings is 3. The number of pyridine rings is 1. The normalized spacial score (nSPS) is 10.8. The number of Topliss-reactive ketones (excluding diaryl/α,β-unsaturated/α-hetero) is 1. The summed E-state index contributed by atoms with van der Waals surface area (Å²) in [7, 11) is 1.55. The molecule has 0 aliphatic rings. The van der Waals surface area contributed by atoms with E-state index >= 15 is 0 Å². The zero-order valence-electron chi connectivity index (χ0n) is 18.2. The van der Waals surface area contributed by atoms with Gasteiger partial charge in [0.05, 0.1) is 0 Å². The molecule has 0 aliphatic carbocycles. The maximum Gasteiger partial charge on any atom is 0.356 e. The van der Waals surface area contributed by atoms with E-state index in [1.165, 1.54) is 4.57 Å². The molecule has 0 amide bonds. The van der Waals surface area contributed by atoms with Gasteiger partial charge in [-0.1, -0.05) is 77.9 Å². The zero-order valence-corrected chi connectivity index (χ0v) is 18.2. The second kappa shape index (κ2) is 8.63. The van der Waals surface area contributed by atoms with Crippen molar-refractivity contribution >= 4 is 22.5 Å². The second-order valence-electron chi connectivity index (χ2n) is 7.86. The van der Waals surface area contributed by atoms with E-state index in [2.05, 4.69) is 0 Å². The molecule has 4 aromatic rings. The molecule has 0 spiro atoms. The average molecular weight is 425 g/mol. The standard InChI is InChI=1S/C27H23NO4/c1-17-8-12-19(13-9-17)23(29)16-32-27(31)25-24(20-14-10-18(2)11-15-20)21-6-4-5-7-22(21)26(30)28(25)3/h4-15H,16H2,1-3H3. The molecule has 160 valence electrons. The van der Waals surface area contributed by atoms with E-state index in [0.717, 1.165) is 16.7 Å². The van der Waals surface area contributed by atoms with Crippen LogP contribution in [0.3, 0.4) is 0 Å². The number of aromatic nitrogens is 1. The lowest BCUT2D eigenvalue weighted by Crippen LogP contribution is -2.27. The van der Waals surface area contributed by atoms with Gasteiger partial charge in [0.2, 0.25) is 0 Å². The molecule has 0 aliphatic heterocycles. The Hall–Kier alpha value is -3.99. The van der Waals surface area contributed by atoms with Crippen LogP contribution in [0, 0.1) is 13.8 Å². The van der Waals surface area contributed by atoms with E-state index in [4.69, 9.17) is 4.74 Å². The van der Waals surface area contributed by atoms with Crippen molar-refractivity contribution in [3.8, 4) is 11.1 Å². The summed E-state index contributed by atoms with van der Waals surface area (Å²) in [6.45, 7) is 3.51. The largest absolute Gasteiger partial charge is 0.453 e. The third-order valence-electron chi connectivity index (χ3n) is 5.55. The van der Waals surface area contributed by atoms with Crippen molar-refractivity contribution in [3.63, 3.8) is 0 Å². The van der Waals surface area contributed by atoms with E-state index in [1.807, 2.05) is 62.4 Å². The first-order chi connectivity index (χ1) is 15.4. The Bertz CT molecular complexity index is 1380. The van der Waals surface area contributed by atoms with Crippen molar-refractivity contribution in [3.05, 3.63) is 106 Å². The van der Waals surface area contributed by atoms with E-state index < -0.39 is 12.6 Å². The van der Waals surface area contributed by atoms with Crippen LogP contribution < -0.4 is 5.56 Å². The lowest BCUT2D eigenvalue weighted by atomic mass is 9.96. The SMILES string of the molecule is Cc1ccc(C(=O)COC(=O)c2c(-c3ccc(C)cc3)c3ccccc3c(=O)n2C)cc1. The van der Waals surface area contributed by atoms with Crippen LogP contribution in [0.25, 0.3) is 21.9 Å². The summed E-state index contributed by atoms with van der Waals surface area (Å²) in [6.07, 6.45) is 0. The van der Waals surface area contributed by atoms with Crippen LogP contribution in [0.15, 0.2) is 77.6 Å². The molecule has 3 aromatic carbocycles. The monoisotopic (exact) mass is 425 g/mol. The summed E-state index contributed by atoms with van der Waals surface area (Å²) in [4.78, 5) is 38.7. The maximum absolute atomic E-state index is 13.2. The smallest absolute Gasteiger partial charge is 0.356 e. The Morgan fingerprint density at radius 3 is 2.00 bits per heavy atom. The van der Waals surface area contributed by atoms with E-state index in [-0.39, 0.29) is 17.0 Å². The lowest BCUT2D eigenvalue weighted by Gasteiger charge is -2.17. The van der Waals surface area contributed by atoms with Crippen LogP contribution in [-0.4, -0.2) is 22.9 Å². The van der Waals surface area contributed by atoms with Crippen LogP contribution >= 0.6 is 0 Å². The third-order valence-corrected chi connectivity index (χ3v) is 5.55. The summed E-state index contributed by atoms with van der Waals surface area (Å²) in [5.74, 6) is -1.02. The topological polar surface area (TPSA) is 65.4 Å². The van der Waals surface area contributed by atoms with Crippen molar-refractivity contribution < 1.29 is 14.3 Å². The summed E-state index contributed by atoms with van der Waals surface area (Å²) < 4.78 is 6.70. The minimum Gasteiger partial charge on any atom is -0.453 e. The minimum absolute atomic E-state index is 0.120. The molecule has 0 atom stereocenters. The number of aryl methyl sites for hydroxylation is 2. The third kappa shape index (κ3) is 3.97. The van der Waals surface area contributed by atoms with Gasteiger partial charge >= 0.3 is 5.97 Å². The molecule has 0 unspecified atom stereocenters. The molecule has 4 rings (SSSR count). The number of esters is 1. The predicted molar refractivity (Wildman–Crippen MR) is 125 cm³/mol. The number of hydrogen-bond donors (Lipinski definition) is 0. The molecule has 0 radical (unpaired) electrons. The maximum atomic E-state index is 13.2. The van der Waals surface area contributed by atoms with E-state index in [9.17, 15) is 14.4 Å². The molecule has 0 saturated carbocycles. The molecule has 0 fully saturated rings.